The van der Waals surface area contributed by atoms with E-state index in [-0.39, 0.29) is 18.4 Å². The molecule has 0 heterocycles. The van der Waals surface area contributed by atoms with Crippen molar-refractivity contribution < 1.29 is 31.1 Å². The van der Waals surface area contributed by atoms with Gasteiger partial charge in [-0.1, -0.05) is 6.58 Å². The van der Waals surface area contributed by atoms with Gasteiger partial charge in [-0.3, -0.25) is 0 Å². The van der Waals surface area contributed by atoms with Gasteiger partial charge in [-0.15, -0.1) is 0 Å². The van der Waals surface area contributed by atoms with Crippen LogP contribution in [0.1, 0.15) is 11.1 Å². The molecular formula is C12H10F6OS. The maximum atomic E-state index is 12.5. The van der Waals surface area contributed by atoms with Crippen LogP contribution in [-0.2, 0) is 12.4 Å². The van der Waals surface area contributed by atoms with Crippen molar-refractivity contribution in [2.45, 2.75) is 12.4 Å². The van der Waals surface area contributed by atoms with E-state index in [4.69, 9.17) is 4.74 Å². The Labute approximate surface area is 116 Å². The van der Waals surface area contributed by atoms with Crippen LogP contribution in [-0.4, -0.2) is 12.4 Å². The van der Waals surface area contributed by atoms with Gasteiger partial charge in [-0.05, 0) is 23.8 Å². The Balaban J connectivity index is 3.14. The van der Waals surface area contributed by atoms with E-state index in [1.807, 2.05) is 0 Å². The highest BCUT2D eigenvalue weighted by molar-refractivity contribution is 7.80. The highest BCUT2D eigenvalue weighted by atomic mass is 32.1. The standard InChI is InChI=1S/C12H10F6OS/c1-7(6-20)5-19-10-3-8(11(13,14)15)2-9(4-10)12(16,17)18/h2-4,20H,1,5-6H2. The summed E-state index contributed by atoms with van der Waals surface area (Å²) in [6.45, 7) is 3.28. The predicted molar refractivity (Wildman–Crippen MR) is 64.9 cm³/mol. The number of ether oxygens (including phenoxy) is 1. The first kappa shape index (κ1) is 16.7. The molecule has 1 aromatic rings. The van der Waals surface area contributed by atoms with Crippen LogP contribution in [0, 0.1) is 0 Å². The molecule has 0 aliphatic rings. The van der Waals surface area contributed by atoms with Gasteiger partial charge in [0.2, 0.25) is 0 Å². The Bertz CT molecular complexity index is 459. The molecule has 0 unspecified atom stereocenters. The molecular weight excluding hydrogens is 306 g/mol. The fourth-order valence-electron chi connectivity index (χ4n) is 1.24. The smallest absolute Gasteiger partial charge is 0.416 e. The molecule has 0 bridgehead atoms. The Morgan fingerprint density at radius 2 is 1.45 bits per heavy atom. The van der Waals surface area contributed by atoms with Gasteiger partial charge in [0.05, 0.1) is 11.1 Å². The van der Waals surface area contributed by atoms with E-state index < -0.39 is 29.2 Å². The van der Waals surface area contributed by atoms with E-state index in [0.29, 0.717) is 17.7 Å². The van der Waals surface area contributed by atoms with Crippen LogP contribution < -0.4 is 4.74 Å². The summed E-state index contributed by atoms with van der Waals surface area (Å²) >= 11 is 3.85. The van der Waals surface area contributed by atoms with E-state index in [9.17, 15) is 26.3 Å². The number of hydrogen-bond acceptors (Lipinski definition) is 2. The molecule has 0 saturated carbocycles. The molecule has 0 spiro atoms. The van der Waals surface area contributed by atoms with Gasteiger partial charge in [0.15, 0.2) is 0 Å². The second-order valence-corrected chi connectivity index (χ2v) is 4.25. The largest absolute Gasteiger partial charge is 0.489 e. The summed E-state index contributed by atoms with van der Waals surface area (Å²) < 4.78 is 80.2. The van der Waals surface area contributed by atoms with Crippen LogP contribution in [0.25, 0.3) is 0 Å². The zero-order valence-corrected chi connectivity index (χ0v) is 10.9. The van der Waals surface area contributed by atoms with Gasteiger partial charge in [0, 0.05) is 5.75 Å². The van der Waals surface area contributed by atoms with Crippen molar-refractivity contribution in [3.8, 4) is 5.75 Å². The van der Waals surface area contributed by atoms with Gasteiger partial charge in [-0.25, -0.2) is 0 Å². The molecule has 0 atom stereocenters. The van der Waals surface area contributed by atoms with Gasteiger partial charge in [0.25, 0.3) is 0 Å². The van der Waals surface area contributed by atoms with Crippen LogP contribution in [0.2, 0.25) is 0 Å². The first-order valence-corrected chi connectivity index (χ1v) is 5.87. The van der Waals surface area contributed by atoms with Crippen molar-refractivity contribution in [2.75, 3.05) is 12.4 Å². The molecule has 1 aromatic carbocycles. The summed E-state index contributed by atoms with van der Waals surface area (Å²) in [5.41, 5.74) is -2.41. The van der Waals surface area contributed by atoms with Gasteiger partial charge in [-0.2, -0.15) is 39.0 Å². The highest BCUT2D eigenvalue weighted by Gasteiger charge is 2.37. The molecule has 0 fully saturated rings. The minimum absolute atomic E-state index is 0.0420. The number of halogens is 6. The van der Waals surface area contributed by atoms with E-state index in [1.165, 1.54) is 0 Å². The first-order valence-electron chi connectivity index (χ1n) is 5.24. The molecule has 0 aliphatic heterocycles. The number of thiol groups is 1. The molecule has 8 heteroatoms. The minimum Gasteiger partial charge on any atom is -0.489 e. The number of benzene rings is 1. The third-order valence-electron chi connectivity index (χ3n) is 2.23. The summed E-state index contributed by atoms with van der Waals surface area (Å²) in [6, 6.07) is 1.07. The lowest BCUT2D eigenvalue weighted by Crippen LogP contribution is -2.12. The maximum Gasteiger partial charge on any atom is 0.416 e. The third-order valence-corrected chi connectivity index (χ3v) is 2.67. The molecule has 0 radical (unpaired) electrons. The summed E-state index contributed by atoms with van der Waals surface area (Å²) in [5.74, 6) is -0.305. The SMILES string of the molecule is C=C(CS)COc1cc(C(F)(F)F)cc(C(F)(F)F)c1. The van der Waals surface area contributed by atoms with Crippen LogP contribution in [0.15, 0.2) is 30.4 Å². The van der Waals surface area contributed by atoms with Crippen LogP contribution in [0.5, 0.6) is 5.75 Å². The lowest BCUT2D eigenvalue weighted by molar-refractivity contribution is -0.143. The molecule has 1 nitrogen and oxygen atoms in total. The second-order valence-electron chi connectivity index (χ2n) is 3.94. The molecule has 1 rings (SSSR count). The minimum atomic E-state index is -4.89. The average Bonchev–Trinajstić information content (AvgIpc) is 2.33. The van der Waals surface area contributed by atoms with E-state index in [2.05, 4.69) is 19.2 Å². The van der Waals surface area contributed by atoms with Gasteiger partial charge >= 0.3 is 12.4 Å². The van der Waals surface area contributed by atoms with Crippen LogP contribution in [0.3, 0.4) is 0 Å². The molecule has 0 aromatic heterocycles. The number of rotatable bonds is 4. The Morgan fingerprint density at radius 1 is 1.00 bits per heavy atom. The highest BCUT2D eigenvalue weighted by Crippen LogP contribution is 2.38. The summed E-state index contributed by atoms with van der Waals surface area (Å²) in [4.78, 5) is 0. The van der Waals surface area contributed by atoms with Crippen molar-refractivity contribution >= 4 is 12.6 Å². The topological polar surface area (TPSA) is 9.23 Å². The molecule has 0 amide bonds. The predicted octanol–water partition coefficient (Wildman–Crippen LogP) is 4.59. The fourth-order valence-corrected chi connectivity index (χ4v) is 1.33. The van der Waals surface area contributed by atoms with Gasteiger partial charge in [0.1, 0.15) is 12.4 Å². The number of hydrogen-bond donors (Lipinski definition) is 1. The lowest BCUT2D eigenvalue weighted by Gasteiger charge is -2.15. The zero-order valence-electron chi connectivity index (χ0n) is 9.98. The lowest BCUT2D eigenvalue weighted by atomic mass is 10.1. The fraction of sp³-hybridized carbons (Fsp3) is 0.333. The Hall–Kier alpha value is -1.31. The quantitative estimate of drug-likeness (QED) is 0.486. The number of alkyl halides is 6. The summed E-state index contributed by atoms with van der Waals surface area (Å²) in [7, 11) is 0. The summed E-state index contributed by atoms with van der Waals surface area (Å²) in [6.07, 6.45) is -9.78. The van der Waals surface area contributed by atoms with Crippen LogP contribution >= 0.6 is 12.6 Å². The molecule has 0 saturated heterocycles. The van der Waals surface area contributed by atoms with Crippen molar-refractivity contribution in [1.82, 2.24) is 0 Å². The monoisotopic (exact) mass is 316 g/mol. The van der Waals surface area contributed by atoms with Crippen LogP contribution in [0.4, 0.5) is 26.3 Å². The molecule has 20 heavy (non-hydrogen) atoms. The van der Waals surface area contributed by atoms with E-state index in [0.717, 1.165) is 0 Å². The zero-order chi connectivity index (χ0) is 15.6. The van der Waals surface area contributed by atoms with Crippen molar-refractivity contribution in [3.05, 3.63) is 41.5 Å². The normalized spacial score (nSPS) is 12.3. The third kappa shape index (κ3) is 4.66. The molecule has 112 valence electrons. The summed E-state index contributed by atoms with van der Waals surface area (Å²) in [5, 5.41) is 0. The van der Waals surface area contributed by atoms with Gasteiger partial charge < -0.3 is 4.74 Å². The Morgan fingerprint density at radius 3 is 1.80 bits per heavy atom. The van der Waals surface area contributed by atoms with E-state index in [1.54, 1.807) is 0 Å². The molecule has 0 N–H and O–H groups in total. The molecule has 0 aliphatic carbocycles. The maximum absolute atomic E-state index is 12.5. The Kier molecular flexibility index (Phi) is 5.01. The van der Waals surface area contributed by atoms with Crippen molar-refractivity contribution in [3.63, 3.8) is 0 Å². The second kappa shape index (κ2) is 5.99. The first-order chi connectivity index (χ1) is 9.04. The van der Waals surface area contributed by atoms with Crippen molar-refractivity contribution in [2.24, 2.45) is 0 Å². The van der Waals surface area contributed by atoms with E-state index >= 15 is 0 Å². The average molecular weight is 316 g/mol. The van der Waals surface area contributed by atoms with Crippen molar-refractivity contribution in [1.29, 1.82) is 0 Å².